The van der Waals surface area contributed by atoms with Crippen LogP contribution in [0, 0.1) is 11.3 Å². The lowest BCUT2D eigenvalue weighted by Crippen LogP contribution is -2.38. The summed E-state index contributed by atoms with van der Waals surface area (Å²) in [5.41, 5.74) is 13.5. The van der Waals surface area contributed by atoms with Crippen molar-refractivity contribution in [3.63, 3.8) is 0 Å². The van der Waals surface area contributed by atoms with E-state index in [0.717, 1.165) is 11.3 Å². The van der Waals surface area contributed by atoms with Crippen molar-refractivity contribution in [2.75, 3.05) is 26.6 Å². The van der Waals surface area contributed by atoms with Crippen LogP contribution in [0.25, 0.3) is 0 Å². The van der Waals surface area contributed by atoms with E-state index >= 15 is 0 Å². The summed E-state index contributed by atoms with van der Waals surface area (Å²) in [5, 5.41) is 13.1. The summed E-state index contributed by atoms with van der Waals surface area (Å²) < 4.78 is 15.9. The second-order valence-corrected chi connectivity index (χ2v) is 7.87. The summed E-state index contributed by atoms with van der Waals surface area (Å²) in [6.45, 7) is 0. The van der Waals surface area contributed by atoms with Crippen LogP contribution in [0.1, 0.15) is 11.5 Å². The number of nitrogens with zero attached hydrogens (tertiary/aromatic N) is 1. The number of nitrogens with one attached hydrogen (secondary N) is 5. The van der Waals surface area contributed by atoms with Gasteiger partial charge >= 0.3 is 0 Å². The average Bonchev–Trinajstić information content (AvgIpc) is 3.33. The third kappa shape index (κ3) is 4.36. The van der Waals surface area contributed by atoms with Crippen LogP contribution < -0.4 is 31.8 Å². The van der Waals surface area contributed by atoms with Crippen molar-refractivity contribution in [1.29, 1.82) is 5.26 Å². The standard InChI is InChI=1S/C15H22N6O3S2/c1-22-8-4-5-11(17-13-19-21-15(24-3)26-13)9(6-8)10(7-16)12-18-20-14(23-2)25-12/h4-6,10,12-15,17-21H,1-3H3. The van der Waals surface area contributed by atoms with Crippen molar-refractivity contribution in [2.45, 2.75) is 27.9 Å². The molecule has 2 aliphatic rings. The molecule has 2 saturated heterocycles. The zero-order valence-electron chi connectivity index (χ0n) is 14.6. The van der Waals surface area contributed by atoms with E-state index in [4.69, 9.17) is 14.2 Å². The molecule has 2 heterocycles. The van der Waals surface area contributed by atoms with Gasteiger partial charge in [-0.2, -0.15) is 5.26 Å². The first kappa shape index (κ1) is 19.5. The third-order valence-corrected chi connectivity index (χ3v) is 6.26. The van der Waals surface area contributed by atoms with E-state index in [1.807, 2.05) is 18.2 Å². The lowest BCUT2D eigenvalue weighted by molar-refractivity contribution is 0.141. The van der Waals surface area contributed by atoms with Gasteiger partial charge in [0.15, 0.2) is 11.1 Å². The van der Waals surface area contributed by atoms with Gasteiger partial charge in [0.25, 0.3) is 0 Å². The van der Waals surface area contributed by atoms with Crippen LogP contribution in [0.3, 0.4) is 0 Å². The molecule has 2 aliphatic heterocycles. The molecule has 142 valence electrons. The first-order chi connectivity index (χ1) is 12.7. The van der Waals surface area contributed by atoms with Crippen LogP contribution in [0.15, 0.2) is 18.2 Å². The van der Waals surface area contributed by atoms with E-state index < -0.39 is 5.92 Å². The van der Waals surface area contributed by atoms with E-state index in [2.05, 4.69) is 33.1 Å². The minimum Gasteiger partial charge on any atom is -0.497 e. The highest BCUT2D eigenvalue weighted by atomic mass is 32.2. The van der Waals surface area contributed by atoms with Gasteiger partial charge in [-0.25, -0.2) is 21.7 Å². The maximum absolute atomic E-state index is 9.83. The number of anilines is 1. The molecular weight excluding hydrogens is 376 g/mol. The molecule has 5 unspecified atom stereocenters. The number of thioether (sulfide) groups is 2. The first-order valence-corrected chi connectivity index (χ1v) is 9.79. The quantitative estimate of drug-likeness (QED) is 0.451. The largest absolute Gasteiger partial charge is 0.497 e. The first-order valence-electron chi connectivity index (χ1n) is 7.91. The molecule has 0 radical (unpaired) electrons. The fourth-order valence-corrected chi connectivity index (χ4v) is 4.49. The summed E-state index contributed by atoms with van der Waals surface area (Å²) in [4.78, 5) is 0. The van der Waals surface area contributed by atoms with Crippen molar-refractivity contribution < 1.29 is 14.2 Å². The minimum absolute atomic E-state index is 0.0968. The second-order valence-electron chi connectivity index (χ2n) is 5.49. The topological polar surface area (TPSA) is 112 Å². The molecule has 0 spiro atoms. The van der Waals surface area contributed by atoms with Crippen molar-refractivity contribution in [1.82, 2.24) is 21.7 Å². The van der Waals surface area contributed by atoms with Gasteiger partial charge in [-0.15, -0.1) is 0 Å². The van der Waals surface area contributed by atoms with Gasteiger partial charge in [0.05, 0.1) is 24.5 Å². The maximum Gasteiger partial charge on any atom is 0.171 e. The highest BCUT2D eigenvalue weighted by Crippen LogP contribution is 2.37. The number of ether oxygens (including phenoxy) is 3. The van der Waals surface area contributed by atoms with E-state index in [1.165, 1.54) is 11.8 Å². The number of hydrogen-bond acceptors (Lipinski definition) is 11. The van der Waals surface area contributed by atoms with Crippen molar-refractivity contribution in [2.24, 2.45) is 0 Å². The third-order valence-electron chi connectivity index (χ3n) is 3.96. The molecule has 11 heteroatoms. The fraction of sp³-hybridized carbons (Fsp3) is 0.533. The Hall–Kier alpha value is -1.23. The number of hydrazine groups is 2. The lowest BCUT2D eigenvalue weighted by Gasteiger charge is -2.22. The normalized spacial score (nSPS) is 29.3. The van der Waals surface area contributed by atoms with Crippen LogP contribution in [-0.2, 0) is 9.47 Å². The van der Waals surface area contributed by atoms with Gasteiger partial charge in [0, 0.05) is 19.9 Å². The van der Waals surface area contributed by atoms with Crippen LogP contribution >= 0.6 is 23.5 Å². The van der Waals surface area contributed by atoms with Crippen LogP contribution in [-0.4, -0.2) is 43.3 Å². The molecule has 0 aliphatic carbocycles. The van der Waals surface area contributed by atoms with Gasteiger partial charge < -0.3 is 19.5 Å². The Morgan fingerprint density at radius 2 is 1.81 bits per heavy atom. The Morgan fingerprint density at radius 1 is 1.08 bits per heavy atom. The van der Waals surface area contributed by atoms with Gasteiger partial charge in [-0.1, -0.05) is 23.5 Å². The molecule has 2 fully saturated rings. The Labute approximate surface area is 160 Å². The van der Waals surface area contributed by atoms with Crippen LogP contribution in [0.2, 0.25) is 0 Å². The molecule has 9 nitrogen and oxygen atoms in total. The monoisotopic (exact) mass is 398 g/mol. The van der Waals surface area contributed by atoms with E-state index in [0.29, 0.717) is 5.75 Å². The molecule has 0 bridgehead atoms. The van der Waals surface area contributed by atoms with Gasteiger partial charge in [0.2, 0.25) is 0 Å². The number of benzene rings is 1. The molecular formula is C15H22N6O3S2. The highest BCUT2D eigenvalue weighted by Gasteiger charge is 2.34. The summed E-state index contributed by atoms with van der Waals surface area (Å²) in [6, 6.07) is 8.07. The molecule has 5 N–H and O–H groups in total. The van der Waals surface area contributed by atoms with Crippen LogP contribution in [0.5, 0.6) is 5.75 Å². The Balaban J connectivity index is 1.82. The van der Waals surface area contributed by atoms with Gasteiger partial charge in [0.1, 0.15) is 11.2 Å². The molecule has 0 amide bonds. The molecule has 3 rings (SSSR count). The Bertz CT molecular complexity index is 661. The number of nitriles is 1. The smallest absolute Gasteiger partial charge is 0.171 e. The summed E-state index contributed by atoms with van der Waals surface area (Å²) in [5.74, 6) is 0.285. The molecule has 26 heavy (non-hydrogen) atoms. The van der Waals surface area contributed by atoms with Gasteiger partial charge in [-0.05, 0) is 23.8 Å². The minimum atomic E-state index is -0.414. The highest BCUT2D eigenvalue weighted by molar-refractivity contribution is 8.00. The molecule has 5 atom stereocenters. The number of rotatable bonds is 7. The van der Waals surface area contributed by atoms with Gasteiger partial charge in [-0.3, -0.25) is 0 Å². The van der Waals surface area contributed by atoms with E-state index in [-0.39, 0.29) is 22.0 Å². The van der Waals surface area contributed by atoms with Crippen LogP contribution in [0.4, 0.5) is 5.69 Å². The zero-order valence-corrected chi connectivity index (χ0v) is 16.2. The van der Waals surface area contributed by atoms with Crippen molar-refractivity contribution >= 4 is 29.2 Å². The summed E-state index contributed by atoms with van der Waals surface area (Å²) in [6.07, 6.45) is 0. The Kier molecular flexibility index (Phi) is 6.85. The van der Waals surface area contributed by atoms with Crippen molar-refractivity contribution in [3.05, 3.63) is 23.8 Å². The van der Waals surface area contributed by atoms with E-state index in [9.17, 15) is 5.26 Å². The molecule has 1 aromatic carbocycles. The zero-order chi connectivity index (χ0) is 18.5. The summed E-state index contributed by atoms with van der Waals surface area (Å²) in [7, 11) is 4.87. The van der Waals surface area contributed by atoms with Crippen molar-refractivity contribution in [3.8, 4) is 11.8 Å². The molecule has 0 saturated carbocycles. The molecule has 1 aromatic rings. The predicted molar refractivity (Wildman–Crippen MR) is 102 cm³/mol. The number of methoxy groups -OCH3 is 3. The lowest BCUT2D eigenvalue weighted by atomic mass is 9.98. The summed E-state index contributed by atoms with van der Waals surface area (Å²) >= 11 is 3.08. The average molecular weight is 399 g/mol. The molecule has 0 aromatic heterocycles. The predicted octanol–water partition coefficient (Wildman–Crippen LogP) is 0.866. The SMILES string of the molecule is COc1ccc(NC2NNC(OC)S2)c(C(C#N)C2NNC(OC)S2)c1. The number of hydrogen-bond donors (Lipinski definition) is 5. The fourth-order valence-electron chi connectivity index (χ4n) is 2.65. The van der Waals surface area contributed by atoms with E-state index in [1.54, 1.807) is 33.1 Å². The maximum atomic E-state index is 9.83. The Morgan fingerprint density at radius 3 is 2.42 bits per heavy atom. The second kappa shape index (κ2) is 9.12.